The molecule has 1 atom stereocenters. The minimum Gasteiger partial charge on any atom is -0.317 e. The predicted molar refractivity (Wildman–Crippen MR) is 73.1 cm³/mol. The van der Waals surface area contributed by atoms with Gasteiger partial charge in [0.1, 0.15) is 0 Å². The van der Waals surface area contributed by atoms with E-state index in [0.717, 1.165) is 45.4 Å². The van der Waals surface area contributed by atoms with Gasteiger partial charge in [-0.3, -0.25) is 0 Å². The monoisotopic (exact) mass is 275 g/mol. The van der Waals surface area contributed by atoms with Crippen LogP contribution in [0.2, 0.25) is 0 Å². The van der Waals surface area contributed by atoms with E-state index in [1.165, 1.54) is 0 Å². The van der Waals surface area contributed by atoms with Crippen molar-refractivity contribution >= 4 is 10.0 Å². The van der Waals surface area contributed by atoms with Gasteiger partial charge >= 0.3 is 0 Å². The van der Waals surface area contributed by atoms with E-state index in [0.29, 0.717) is 6.54 Å². The minimum atomic E-state index is -3.11. The van der Waals surface area contributed by atoms with Crippen molar-refractivity contribution in [2.45, 2.75) is 37.5 Å². The molecule has 5 nitrogen and oxygen atoms in total. The zero-order valence-electron chi connectivity index (χ0n) is 11.4. The van der Waals surface area contributed by atoms with Crippen LogP contribution in [0.4, 0.5) is 0 Å². The van der Waals surface area contributed by atoms with Gasteiger partial charge in [-0.15, -0.1) is 0 Å². The lowest BCUT2D eigenvalue weighted by Crippen LogP contribution is -2.48. The van der Waals surface area contributed by atoms with E-state index < -0.39 is 10.0 Å². The first kappa shape index (κ1) is 14.2. The second kappa shape index (κ2) is 5.86. The molecule has 0 amide bonds. The number of hydrogen-bond donors (Lipinski definition) is 1. The maximum absolute atomic E-state index is 12.7. The first-order chi connectivity index (χ1) is 8.51. The highest BCUT2D eigenvalue weighted by molar-refractivity contribution is 7.89. The average Bonchev–Trinajstić information content (AvgIpc) is 2.51. The molecule has 2 fully saturated rings. The summed E-state index contributed by atoms with van der Waals surface area (Å²) in [5, 5.41) is 3.05. The molecule has 0 spiro atoms. The lowest BCUT2D eigenvalue weighted by atomic mass is 10.2. The number of piperidine rings is 1. The number of nitrogens with zero attached hydrogens (tertiary/aromatic N) is 2. The summed E-state index contributed by atoms with van der Waals surface area (Å²) in [6.07, 6.45) is 2.44. The molecule has 0 aromatic heterocycles. The molecular weight excluding hydrogens is 250 g/mol. The predicted octanol–water partition coefficient (Wildman–Crippen LogP) is 0.0942. The summed E-state index contributed by atoms with van der Waals surface area (Å²) >= 11 is 0. The molecule has 0 aromatic rings. The van der Waals surface area contributed by atoms with E-state index in [-0.39, 0.29) is 11.3 Å². The van der Waals surface area contributed by atoms with Gasteiger partial charge in [-0.2, -0.15) is 4.31 Å². The number of nitrogens with one attached hydrogen (secondary N) is 1. The van der Waals surface area contributed by atoms with Gasteiger partial charge in [0.25, 0.3) is 0 Å². The van der Waals surface area contributed by atoms with Crippen LogP contribution in [0, 0.1) is 0 Å². The molecule has 2 aliphatic rings. The number of likely N-dealkylation sites (N-methyl/N-ethyl adjacent to an activating group) is 1. The third-order valence-electron chi connectivity index (χ3n) is 4.02. The third kappa shape index (κ3) is 3.04. The summed E-state index contributed by atoms with van der Waals surface area (Å²) in [7, 11) is -1.05. The van der Waals surface area contributed by atoms with Crippen LogP contribution < -0.4 is 5.32 Å². The van der Waals surface area contributed by atoms with Gasteiger partial charge in [0.05, 0.1) is 5.25 Å². The molecule has 18 heavy (non-hydrogen) atoms. The number of sulfonamides is 1. The first-order valence-corrected chi connectivity index (χ1v) is 8.42. The van der Waals surface area contributed by atoms with E-state index in [1.54, 1.807) is 4.31 Å². The highest BCUT2D eigenvalue weighted by Gasteiger charge is 2.36. The van der Waals surface area contributed by atoms with Gasteiger partial charge in [-0.05, 0) is 52.9 Å². The molecule has 1 N–H and O–H groups in total. The summed E-state index contributed by atoms with van der Waals surface area (Å²) in [4.78, 5) is 2.22. The molecule has 1 unspecified atom stereocenters. The summed E-state index contributed by atoms with van der Waals surface area (Å²) in [6.45, 7) is 6.18. The Balaban J connectivity index is 2.12. The fraction of sp³-hybridized carbons (Fsp3) is 1.00. The highest BCUT2D eigenvalue weighted by atomic mass is 32.2. The van der Waals surface area contributed by atoms with Crippen LogP contribution in [0.5, 0.6) is 0 Å². The van der Waals surface area contributed by atoms with Gasteiger partial charge in [-0.1, -0.05) is 0 Å². The Labute approximate surface area is 111 Å². The highest BCUT2D eigenvalue weighted by Crippen LogP contribution is 2.22. The van der Waals surface area contributed by atoms with Gasteiger partial charge in [0.2, 0.25) is 10.0 Å². The SMILES string of the molecule is CC1CN(C)CCCN1S(=O)(=O)C1CCNCC1. The molecular formula is C12H25N3O2S. The van der Waals surface area contributed by atoms with Gasteiger partial charge in [0.15, 0.2) is 0 Å². The lowest BCUT2D eigenvalue weighted by Gasteiger charge is -2.32. The van der Waals surface area contributed by atoms with Crippen LogP contribution in [-0.4, -0.2) is 68.7 Å². The molecule has 6 heteroatoms. The van der Waals surface area contributed by atoms with Crippen LogP contribution >= 0.6 is 0 Å². The van der Waals surface area contributed by atoms with E-state index >= 15 is 0 Å². The Morgan fingerprint density at radius 1 is 1.17 bits per heavy atom. The molecule has 2 heterocycles. The Morgan fingerprint density at radius 3 is 2.50 bits per heavy atom. The van der Waals surface area contributed by atoms with Crippen LogP contribution in [0.25, 0.3) is 0 Å². The standard InChI is InChI=1S/C12H25N3O2S/c1-11-10-14(2)8-3-9-15(11)18(16,17)12-4-6-13-7-5-12/h11-13H,3-10H2,1-2H3. The van der Waals surface area contributed by atoms with Crippen LogP contribution in [-0.2, 0) is 10.0 Å². The second-order valence-corrected chi connectivity index (χ2v) is 7.74. The van der Waals surface area contributed by atoms with Gasteiger partial charge in [0, 0.05) is 19.1 Å². The number of rotatable bonds is 2. The third-order valence-corrected chi connectivity index (χ3v) is 6.53. The fourth-order valence-electron chi connectivity index (χ4n) is 3.01. The Kier molecular flexibility index (Phi) is 4.64. The summed E-state index contributed by atoms with van der Waals surface area (Å²) in [6, 6.07) is 0.0948. The molecule has 0 radical (unpaired) electrons. The van der Waals surface area contributed by atoms with Crippen molar-refractivity contribution in [3.05, 3.63) is 0 Å². The molecule has 0 saturated carbocycles. The fourth-order valence-corrected chi connectivity index (χ4v) is 5.18. The second-order valence-electron chi connectivity index (χ2n) is 5.57. The molecule has 2 rings (SSSR count). The van der Waals surface area contributed by atoms with Crippen molar-refractivity contribution in [3.8, 4) is 0 Å². The molecule has 106 valence electrons. The summed E-state index contributed by atoms with van der Waals surface area (Å²) < 4.78 is 27.1. The smallest absolute Gasteiger partial charge is 0.217 e. The lowest BCUT2D eigenvalue weighted by molar-refractivity contribution is 0.287. The van der Waals surface area contributed by atoms with Gasteiger partial charge in [-0.25, -0.2) is 8.42 Å². The Hall–Kier alpha value is -0.170. The van der Waals surface area contributed by atoms with Crippen molar-refractivity contribution in [2.24, 2.45) is 0 Å². The summed E-state index contributed by atoms with van der Waals surface area (Å²) in [5.74, 6) is 0. The van der Waals surface area contributed by atoms with Crippen molar-refractivity contribution in [1.29, 1.82) is 0 Å². The maximum Gasteiger partial charge on any atom is 0.217 e. The average molecular weight is 275 g/mol. The van der Waals surface area contributed by atoms with Crippen LogP contribution in [0.1, 0.15) is 26.2 Å². The first-order valence-electron chi connectivity index (χ1n) is 6.91. The van der Waals surface area contributed by atoms with E-state index in [1.807, 2.05) is 6.92 Å². The largest absolute Gasteiger partial charge is 0.317 e. The summed E-state index contributed by atoms with van der Waals surface area (Å²) in [5.41, 5.74) is 0. The van der Waals surface area contributed by atoms with Crippen molar-refractivity contribution in [1.82, 2.24) is 14.5 Å². The van der Waals surface area contributed by atoms with Crippen molar-refractivity contribution < 1.29 is 8.42 Å². The van der Waals surface area contributed by atoms with E-state index in [9.17, 15) is 8.42 Å². The van der Waals surface area contributed by atoms with Gasteiger partial charge < -0.3 is 10.2 Å². The Morgan fingerprint density at radius 2 is 1.83 bits per heavy atom. The van der Waals surface area contributed by atoms with Crippen LogP contribution in [0.15, 0.2) is 0 Å². The Bertz CT molecular complexity index is 366. The number of hydrogen-bond acceptors (Lipinski definition) is 4. The molecule has 0 aromatic carbocycles. The minimum absolute atomic E-state index is 0.0948. The van der Waals surface area contributed by atoms with Crippen LogP contribution in [0.3, 0.4) is 0 Å². The zero-order chi connectivity index (χ0) is 13.2. The van der Waals surface area contributed by atoms with Crippen molar-refractivity contribution in [2.75, 3.05) is 39.8 Å². The topological polar surface area (TPSA) is 52.7 Å². The normalized spacial score (nSPS) is 30.2. The molecule has 2 saturated heterocycles. The van der Waals surface area contributed by atoms with E-state index in [4.69, 9.17) is 0 Å². The maximum atomic E-state index is 12.7. The molecule has 0 bridgehead atoms. The molecule has 0 aliphatic carbocycles. The zero-order valence-corrected chi connectivity index (χ0v) is 12.2. The van der Waals surface area contributed by atoms with E-state index in [2.05, 4.69) is 17.3 Å². The quantitative estimate of drug-likeness (QED) is 0.776. The molecule has 2 aliphatic heterocycles. The van der Waals surface area contributed by atoms with Crippen molar-refractivity contribution in [3.63, 3.8) is 0 Å².